The number of esters is 1. The zero-order valence-electron chi connectivity index (χ0n) is 20.0. The molecule has 4 rings (SSSR count). The van der Waals surface area contributed by atoms with E-state index >= 15 is 0 Å². The van der Waals surface area contributed by atoms with Crippen LogP contribution in [0.2, 0.25) is 0 Å². The number of rotatable bonds is 9. The monoisotopic (exact) mass is 531 g/mol. The summed E-state index contributed by atoms with van der Waals surface area (Å²) in [4.78, 5) is 36.4. The molecule has 192 valence electrons. The van der Waals surface area contributed by atoms with Crippen LogP contribution in [0.1, 0.15) is 32.4 Å². The standard InChI is InChI=1S/C28H21NO8S/c1-36-21-17-15-19(16-18-21)26(30)27(20-9-3-2-4-10-20)37-28(31)22-11-5-7-13-24(22)38(34,35)25-14-8-6-12-23(25)29(32)33/h2-18,27H,1H3/t27-/m0/s1. The molecule has 0 N–H and O–H groups in total. The predicted octanol–water partition coefficient (Wildman–Crippen LogP) is 5.22. The minimum absolute atomic E-state index is 0.244. The van der Waals surface area contributed by atoms with Gasteiger partial charge in [-0.2, -0.15) is 0 Å². The molecular formula is C28H21NO8S. The molecule has 0 bridgehead atoms. The van der Waals surface area contributed by atoms with Crippen molar-refractivity contribution in [3.63, 3.8) is 0 Å². The number of sulfone groups is 1. The van der Waals surface area contributed by atoms with Crippen molar-refractivity contribution in [2.75, 3.05) is 7.11 Å². The first-order valence-electron chi connectivity index (χ1n) is 11.3. The molecule has 0 radical (unpaired) electrons. The minimum Gasteiger partial charge on any atom is -0.497 e. The largest absolute Gasteiger partial charge is 0.497 e. The molecule has 0 unspecified atom stereocenters. The molecule has 0 amide bonds. The van der Waals surface area contributed by atoms with Crippen molar-refractivity contribution in [2.45, 2.75) is 15.9 Å². The molecule has 0 aliphatic heterocycles. The molecule has 0 saturated heterocycles. The Hall–Kier alpha value is -4.83. The summed E-state index contributed by atoms with van der Waals surface area (Å²) in [6.07, 6.45) is -1.39. The number of nitro groups is 1. The predicted molar refractivity (Wildman–Crippen MR) is 137 cm³/mol. The molecule has 0 fully saturated rings. The number of hydrogen-bond acceptors (Lipinski definition) is 8. The number of hydrogen-bond donors (Lipinski definition) is 0. The number of nitrogens with zero attached hydrogens (tertiary/aromatic N) is 1. The fourth-order valence-electron chi connectivity index (χ4n) is 3.80. The zero-order chi connectivity index (χ0) is 27.3. The first kappa shape index (κ1) is 26.2. The van der Waals surface area contributed by atoms with Crippen LogP contribution in [0.15, 0.2) is 113 Å². The van der Waals surface area contributed by atoms with Gasteiger partial charge in [0.15, 0.2) is 6.10 Å². The zero-order valence-corrected chi connectivity index (χ0v) is 20.8. The molecule has 10 heteroatoms. The van der Waals surface area contributed by atoms with Crippen molar-refractivity contribution in [3.05, 3.63) is 130 Å². The lowest BCUT2D eigenvalue weighted by Crippen LogP contribution is -2.22. The lowest BCUT2D eigenvalue weighted by molar-refractivity contribution is -0.387. The molecule has 0 aromatic heterocycles. The Morgan fingerprint density at radius 2 is 1.37 bits per heavy atom. The van der Waals surface area contributed by atoms with E-state index < -0.39 is 48.1 Å². The lowest BCUT2D eigenvalue weighted by Gasteiger charge is -2.19. The van der Waals surface area contributed by atoms with Gasteiger partial charge in [0.1, 0.15) is 10.6 Å². The lowest BCUT2D eigenvalue weighted by atomic mass is 9.99. The summed E-state index contributed by atoms with van der Waals surface area (Å²) < 4.78 is 37.7. The number of methoxy groups -OCH3 is 1. The topological polar surface area (TPSA) is 130 Å². The van der Waals surface area contributed by atoms with Crippen molar-refractivity contribution in [2.24, 2.45) is 0 Å². The smallest absolute Gasteiger partial charge is 0.340 e. The summed E-state index contributed by atoms with van der Waals surface area (Å²) in [6, 6.07) is 24.6. The van der Waals surface area contributed by atoms with Crippen molar-refractivity contribution >= 4 is 27.3 Å². The van der Waals surface area contributed by atoms with Crippen molar-refractivity contribution in [1.29, 1.82) is 0 Å². The highest BCUT2D eigenvalue weighted by Crippen LogP contribution is 2.32. The molecule has 4 aromatic rings. The highest BCUT2D eigenvalue weighted by atomic mass is 32.2. The third kappa shape index (κ3) is 5.30. The Labute approximate surface area is 218 Å². The van der Waals surface area contributed by atoms with Gasteiger partial charge in [0.2, 0.25) is 15.6 Å². The molecule has 0 saturated carbocycles. The number of carbonyl (C=O) groups is 2. The highest BCUT2D eigenvalue weighted by molar-refractivity contribution is 7.91. The maximum atomic E-state index is 13.5. The Morgan fingerprint density at radius 1 is 0.789 bits per heavy atom. The number of ether oxygens (including phenoxy) is 2. The second-order valence-corrected chi connectivity index (χ2v) is 9.90. The SMILES string of the molecule is COc1ccc(C(=O)[C@@H](OC(=O)c2ccccc2S(=O)(=O)c2ccccc2[N+](=O)[O-])c2ccccc2)cc1. The summed E-state index contributed by atoms with van der Waals surface area (Å²) in [5.41, 5.74) is -0.379. The first-order valence-corrected chi connectivity index (χ1v) is 12.7. The van der Waals surface area contributed by atoms with Gasteiger partial charge in [-0.1, -0.05) is 54.6 Å². The van der Waals surface area contributed by atoms with E-state index in [1.165, 1.54) is 49.6 Å². The van der Waals surface area contributed by atoms with E-state index in [1.54, 1.807) is 42.5 Å². The summed E-state index contributed by atoms with van der Waals surface area (Å²) in [5, 5.41) is 11.5. The summed E-state index contributed by atoms with van der Waals surface area (Å²) in [6.45, 7) is 0. The summed E-state index contributed by atoms with van der Waals surface area (Å²) in [7, 11) is -3.03. The van der Waals surface area contributed by atoms with Gasteiger partial charge in [0.25, 0.3) is 5.69 Å². The molecule has 1 atom stereocenters. The van der Waals surface area contributed by atoms with Gasteiger partial charge in [-0.25, -0.2) is 13.2 Å². The number of carbonyl (C=O) groups excluding carboxylic acids is 2. The number of ketones is 1. The summed E-state index contributed by atoms with van der Waals surface area (Å²) >= 11 is 0. The van der Waals surface area contributed by atoms with E-state index in [4.69, 9.17) is 9.47 Å². The van der Waals surface area contributed by atoms with Gasteiger partial charge in [-0.05, 0) is 42.5 Å². The Balaban J connectivity index is 1.75. The number of nitro benzene ring substituents is 1. The van der Waals surface area contributed by atoms with E-state index in [1.807, 2.05) is 0 Å². The summed E-state index contributed by atoms with van der Waals surface area (Å²) in [5.74, 6) is -1.09. The second kappa shape index (κ2) is 11.1. The van der Waals surface area contributed by atoms with Crippen LogP contribution in [0, 0.1) is 10.1 Å². The van der Waals surface area contributed by atoms with Gasteiger partial charge in [0.05, 0.1) is 22.5 Å². The van der Waals surface area contributed by atoms with Crippen molar-refractivity contribution in [3.8, 4) is 5.75 Å². The molecule has 0 aliphatic rings. The van der Waals surface area contributed by atoms with Crippen molar-refractivity contribution in [1.82, 2.24) is 0 Å². The van der Waals surface area contributed by atoms with Crippen LogP contribution in [-0.2, 0) is 14.6 Å². The van der Waals surface area contributed by atoms with E-state index in [9.17, 15) is 28.1 Å². The van der Waals surface area contributed by atoms with Crippen LogP contribution < -0.4 is 4.74 Å². The Bertz CT molecular complexity index is 1600. The molecule has 4 aromatic carbocycles. The molecule has 0 aliphatic carbocycles. The van der Waals surface area contributed by atoms with Gasteiger partial charge in [0, 0.05) is 17.2 Å². The Morgan fingerprint density at radius 3 is 2.00 bits per heavy atom. The molecule has 0 heterocycles. The van der Waals surface area contributed by atoms with Crippen LogP contribution in [0.4, 0.5) is 5.69 Å². The normalized spacial score (nSPS) is 11.8. The van der Waals surface area contributed by atoms with E-state index in [0.29, 0.717) is 11.3 Å². The van der Waals surface area contributed by atoms with Crippen LogP contribution in [0.5, 0.6) is 5.75 Å². The third-order valence-electron chi connectivity index (χ3n) is 5.69. The third-order valence-corrected chi connectivity index (χ3v) is 7.55. The molecular weight excluding hydrogens is 510 g/mol. The average Bonchev–Trinajstić information content (AvgIpc) is 2.96. The van der Waals surface area contributed by atoms with Crippen LogP contribution in [-0.4, -0.2) is 32.2 Å². The average molecular weight is 532 g/mol. The Kier molecular flexibility index (Phi) is 7.63. The van der Waals surface area contributed by atoms with Crippen LogP contribution in [0.3, 0.4) is 0 Å². The molecule has 9 nitrogen and oxygen atoms in total. The number of para-hydroxylation sites is 1. The van der Waals surface area contributed by atoms with Gasteiger partial charge < -0.3 is 9.47 Å². The second-order valence-electron chi connectivity index (χ2n) is 8.01. The first-order chi connectivity index (χ1) is 18.2. The van der Waals surface area contributed by atoms with Gasteiger partial charge in [-0.3, -0.25) is 14.9 Å². The number of benzene rings is 4. The van der Waals surface area contributed by atoms with E-state index in [-0.39, 0.29) is 11.1 Å². The van der Waals surface area contributed by atoms with Gasteiger partial charge in [-0.15, -0.1) is 0 Å². The van der Waals surface area contributed by atoms with Crippen LogP contribution in [0.25, 0.3) is 0 Å². The number of Topliss-reactive ketones (excluding diaryl/α,β-unsaturated/α-hetero) is 1. The fourth-order valence-corrected chi connectivity index (χ4v) is 5.41. The minimum atomic E-state index is -4.51. The van der Waals surface area contributed by atoms with Crippen molar-refractivity contribution < 1.29 is 32.4 Å². The quantitative estimate of drug-likeness (QED) is 0.124. The van der Waals surface area contributed by atoms with E-state index in [0.717, 1.165) is 18.2 Å². The fraction of sp³-hybridized carbons (Fsp3) is 0.0714. The van der Waals surface area contributed by atoms with Crippen LogP contribution >= 0.6 is 0 Å². The molecule has 0 spiro atoms. The maximum absolute atomic E-state index is 13.5. The molecule has 38 heavy (non-hydrogen) atoms. The highest BCUT2D eigenvalue weighted by Gasteiger charge is 2.33. The van der Waals surface area contributed by atoms with Gasteiger partial charge >= 0.3 is 5.97 Å². The maximum Gasteiger partial charge on any atom is 0.340 e. The van der Waals surface area contributed by atoms with E-state index in [2.05, 4.69) is 0 Å².